The van der Waals surface area contributed by atoms with Crippen molar-refractivity contribution in [2.75, 3.05) is 5.73 Å². The predicted octanol–water partition coefficient (Wildman–Crippen LogP) is 1.42. The van der Waals surface area contributed by atoms with Gasteiger partial charge >= 0.3 is 0 Å². The minimum atomic E-state index is 0.573. The monoisotopic (exact) mass is 180 g/mol. The number of aromatic nitrogens is 3. The van der Waals surface area contributed by atoms with Crippen LogP contribution in [0.4, 0.5) is 5.82 Å². The Balaban J connectivity index is 2.50. The second-order valence-electron chi connectivity index (χ2n) is 2.47. The van der Waals surface area contributed by atoms with Crippen LogP contribution in [0, 0.1) is 6.92 Å². The largest absolute Gasteiger partial charge is 0.383 e. The lowest BCUT2D eigenvalue weighted by atomic mass is 10.3. The molecule has 0 atom stereocenters. The number of hydrogen-bond donors (Lipinski definition) is 2. The van der Waals surface area contributed by atoms with Crippen molar-refractivity contribution < 1.29 is 0 Å². The van der Waals surface area contributed by atoms with Crippen molar-refractivity contribution >= 4 is 17.2 Å². The first kappa shape index (κ1) is 7.30. The molecule has 3 N–H and O–H groups in total. The molecular weight excluding hydrogens is 172 g/mol. The standard InChI is InChI=1S/C7H8N4S/c1-4-2-9-7(12-4)5-3-10-11-6(5)8/h2-3H,1H3,(H3,8,10,11). The molecule has 4 nitrogen and oxygen atoms in total. The summed E-state index contributed by atoms with van der Waals surface area (Å²) in [5.74, 6) is 0.573. The first-order valence-electron chi connectivity index (χ1n) is 3.49. The van der Waals surface area contributed by atoms with Crippen LogP contribution in [0.2, 0.25) is 0 Å². The number of thiazole rings is 1. The van der Waals surface area contributed by atoms with Crippen LogP contribution in [0.1, 0.15) is 4.88 Å². The van der Waals surface area contributed by atoms with E-state index < -0.39 is 0 Å². The van der Waals surface area contributed by atoms with E-state index >= 15 is 0 Å². The second kappa shape index (κ2) is 2.60. The normalized spacial score (nSPS) is 10.4. The molecule has 0 radical (unpaired) electrons. The van der Waals surface area contributed by atoms with Crippen molar-refractivity contribution in [1.82, 2.24) is 15.2 Å². The van der Waals surface area contributed by atoms with Crippen LogP contribution in [0.5, 0.6) is 0 Å². The fourth-order valence-electron chi connectivity index (χ4n) is 0.946. The molecule has 0 saturated carbocycles. The van der Waals surface area contributed by atoms with Gasteiger partial charge in [-0.3, -0.25) is 5.10 Å². The first-order valence-corrected chi connectivity index (χ1v) is 4.30. The lowest BCUT2D eigenvalue weighted by Crippen LogP contribution is -1.86. The number of hydrogen-bond acceptors (Lipinski definition) is 4. The Labute approximate surface area is 73.5 Å². The van der Waals surface area contributed by atoms with Crippen LogP contribution >= 0.6 is 11.3 Å². The van der Waals surface area contributed by atoms with Crippen LogP contribution in [-0.2, 0) is 0 Å². The topological polar surface area (TPSA) is 67.6 Å². The Bertz CT molecular complexity index is 390. The fourth-order valence-corrected chi connectivity index (χ4v) is 1.73. The van der Waals surface area contributed by atoms with Crippen molar-refractivity contribution in [3.8, 4) is 10.6 Å². The average molecular weight is 180 g/mol. The van der Waals surface area contributed by atoms with E-state index in [1.165, 1.54) is 4.88 Å². The van der Waals surface area contributed by atoms with Crippen LogP contribution in [0.25, 0.3) is 10.6 Å². The third-order valence-electron chi connectivity index (χ3n) is 1.52. The van der Waals surface area contributed by atoms with E-state index in [9.17, 15) is 0 Å². The van der Waals surface area contributed by atoms with Crippen molar-refractivity contribution in [3.63, 3.8) is 0 Å². The Hall–Kier alpha value is -1.36. The predicted molar refractivity (Wildman–Crippen MR) is 48.8 cm³/mol. The zero-order valence-corrected chi connectivity index (χ0v) is 7.35. The number of aromatic amines is 1. The summed E-state index contributed by atoms with van der Waals surface area (Å²) in [5, 5.41) is 7.41. The molecule has 62 valence electrons. The number of H-pyrrole nitrogens is 1. The summed E-state index contributed by atoms with van der Waals surface area (Å²) in [4.78, 5) is 5.37. The van der Waals surface area contributed by atoms with Gasteiger partial charge in [-0.25, -0.2) is 4.98 Å². The van der Waals surface area contributed by atoms with Gasteiger partial charge in [0.05, 0.1) is 11.8 Å². The molecule has 2 heterocycles. The molecular formula is C7H8N4S. The Morgan fingerprint density at radius 1 is 1.50 bits per heavy atom. The molecule has 0 bridgehead atoms. The smallest absolute Gasteiger partial charge is 0.129 e. The van der Waals surface area contributed by atoms with Crippen molar-refractivity contribution in [3.05, 3.63) is 17.3 Å². The van der Waals surface area contributed by atoms with Gasteiger partial charge in [0, 0.05) is 11.1 Å². The summed E-state index contributed by atoms with van der Waals surface area (Å²) >= 11 is 1.61. The molecule has 0 fully saturated rings. The number of anilines is 1. The zero-order chi connectivity index (χ0) is 8.55. The SMILES string of the molecule is Cc1cnc(-c2cn[nH]c2N)s1. The zero-order valence-electron chi connectivity index (χ0n) is 6.53. The maximum atomic E-state index is 5.63. The maximum Gasteiger partial charge on any atom is 0.129 e. The molecule has 12 heavy (non-hydrogen) atoms. The highest BCUT2D eigenvalue weighted by molar-refractivity contribution is 7.15. The molecule has 0 amide bonds. The molecule has 2 aromatic rings. The molecule has 0 aliphatic rings. The Morgan fingerprint density at radius 3 is 2.83 bits per heavy atom. The van der Waals surface area contributed by atoms with Crippen molar-refractivity contribution in [2.24, 2.45) is 0 Å². The third-order valence-corrected chi connectivity index (χ3v) is 2.47. The van der Waals surface area contributed by atoms with Gasteiger partial charge in [-0.15, -0.1) is 11.3 Å². The lowest BCUT2D eigenvalue weighted by molar-refractivity contribution is 1.10. The minimum Gasteiger partial charge on any atom is -0.383 e. The van der Waals surface area contributed by atoms with Gasteiger partial charge in [0.15, 0.2) is 0 Å². The van der Waals surface area contributed by atoms with Gasteiger partial charge < -0.3 is 5.73 Å². The Morgan fingerprint density at radius 2 is 2.33 bits per heavy atom. The molecule has 2 rings (SSSR count). The molecule has 0 aromatic carbocycles. The third kappa shape index (κ3) is 1.08. The number of nitrogens with zero attached hydrogens (tertiary/aromatic N) is 2. The van der Waals surface area contributed by atoms with Gasteiger partial charge in [0.25, 0.3) is 0 Å². The maximum absolute atomic E-state index is 5.63. The van der Waals surface area contributed by atoms with E-state index in [2.05, 4.69) is 15.2 Å². The first-order chi connectivity index (χ1) is 5.77. The number of aryl methyl sites for hydroxylation is 1. The van der Waals surface area contributed by atoms with Gasteiger partial charge in [0.1, 0.15) is 10.8 Å². The molecule has 0 unspecified atom stereocenters. The van der Waals surface area contributed by atoms with E-state index in [0.717, 1.165) is 10.6 Å². The highest BCUT2D eigenvalue weighted by Crippen LogP contribution is 2.27. The summed E-state index contributed by atoms with van der Waals surface area (Å²) in [7, 11) is 0. The van der Waals surface area contributed by atoms with Crippen LogP contribution < -0.4 is 5.73 Å². The highest BCUT2D eigenvalue weighted by atomic mass is 32.1. The second-order valence-corrected chi connectivity index (χ2v) is 3.71. The van der Waals surface area contributed by atoms with Gasteiger partial charge in [-0.2, -0.15) is 5.10 Å². The van der Waals surface area contributed by atoms with Crippen molar-refractivity contribution in [1.29, 1.82) is 0 Å². The molecule has 5 heteroatoms. The fraction of sp³-hybridized carbons (Fsp3) is 0.143. The van der Waals surface area contributed by atoms with Crippen molar-refractivity contribution in [2.45, 2.75) is 6.92 Å². The summed E-state index contributed by atoms with van der Waals surface area (Å²) in [5.41, 5.74) is 6.51. The van der Waals surface area contributed by atoms with E-state index in [1.54, 1.807) is 17.5 Å². The summed E-state index contributed by atoms with van der Waals surface area (Å²) in [6, 6.07) is 0. The average Bonchev–Trinajstić information content (AvgIpc) is 2.58. The molecule has 0 aliphatic heterocycles. The Kier molecular flexibility index (Phi) is 1.58. The molecule has 0 spiro atoms. The summed E-state index contributed by atoms with van der Waals surface area (Å²) in [6.45, 7) is 2.01. The van der Waals surface area contributed by atoms with E-state index in [0.29, 0.717) is 5.82 Å². The van der Waals surface area contributed by atoms with E-state index in [1.807, 2.05) is 13.1 Å². The van der Waals surface area contributed by atoms with Gasteiger partial charge in [-0.05, 0) is 6.92 Å². The number of rotatable bonds is 1. The van der Waals surface area contributed by atoms with Crippen LogP contribution in [-0.4, -0.2) is 15.2 Å². The van der Waals surface area contributed by atoms with Gasteiger partial charge in [-0.1, -0.05) is 0 Å². The highest BCUT2D eigenvalue weighted by Gasteiger charge is 2.07. The van der Waals surface area contributed by atoms with Gasteiger partial charge in [0.2, 0.25) is 0 Å². The molecule has 0 saturated heterocycles. The molecule has 2 aromatic heterocycles. The van der Waals surface area contributed by atoms with E-state index in [-0.39, 0.29) is 0 Å². The van der Waals surface area contributed by atoms with Crippen LogP contribution in [0.15, 0.2) is 12.4 Å². The number of nitrogens with two attached hydrogens (primary N) is 1. The van der Waals surface area contributed by atoms with Crippen LogP contribution in [0.3, 0.4) is 0 Å². The number of nitrogen functional groups attached to an aromatic ring is 1. The minimum absolute atomic E-state index is 0.573. The lowest BCUT2D eigenvalue weighted by Gasteiger charge is -1.89. The quantitative estimate of drug-likeness (QED) is 0.697. The summed E-state index contributed by atoms with van der Waals surface area (Å²) < 4.78 is 0. The molecule has 0 aliphatic carbocycles. The number of nitrogens with one attached hydrogen (secondary N) is 1. The summed E-state index contributed by atoms with van der Waals surface area (Å²) in [6.07, 6.45) is 3.51. The van der Waals surface area contributed by atoms with E-state index in [4.69, 9.17) is 5.73 Å².